The molecular weight excluding hydrogens is 353 g/mol. The van der Waals surface area contributed by atoms with Crippen molar-refractivity contribution in [3.05, 3.63) is 50.5 Å². The second kappa shape index (κ2) is 5.77. The van der Waals surface area contributed by atoms with E-state index in [0.29, 0.717) is 16.3 Å². The average molecular weight is 361 g/mol. The maximum absolute atomic E-state index is 12.0. The molecule has 2 aromatic rings. The smallest absolute Gasteiger partial charge is 0.257 e. The summed E-state index contributed by atoms with van der Waals surface area (Å²) >= 11 is 15.1. The maximum Gasteiger partial charge on any atom is 0.257 e. The topological polar surface area (TPSA) is 68.0 Å². The number of amides is 1. The lowest BCUT2D eigenvalue weighted by molar-refractivity contribution is 0.102. The van der Waals surface area contributed by atoms with Gasteiger partial charge in [0, 0.05) is 10.7 Å². The van der Waals surface area contributed by atoms with E-state index in [1.165, 1.54) is 12.3 Å². The number of nitrogens with two attached hydrogens (primary N) is 1. The largest absolute Gasteiger partial charge is 0.382 e. The Labute approximate surface area is 128 Å². The lowest BCUT2D eigenvalue weighted by Gasteiger charge is -2.08. The fourth-order valence-electron chi connectivity index (χ4n) is 1.36. The van der Waals surface area contributed by atoms with Crippen molar-refractivity contribution in [2.75, 3.05) is 11.1 Å². The van der Waals surface area contributed by atoms with E-state index in [4.69, 9.17) is 28.9 Å². The zero-order chi connectivity index (χ0) is 14.0. The minimum Gasteiger partial charge on any atom is -0.382 e. The molecule has 1 aromatic heterocycles. The molecule has 0 saturated heterocycles. The third-order valence-corrected chi connectivity index (χ3v) is 3.42. The van der Waals surface area contributed by atoms with Gasteiger partial charge in [0.25, 0.3) is 5.91 Å². The number of rotatable bonds is 2. The van der Waals surface area contributed by atoms with Crippen LogP contribution in [0.5, 0.6) is 0 Å². The van der Waals surface area contributed by atoms with Gasteiger partial charge in [-0.3, -0.25) is 4.79 Å². The second-order valence-electron chi connectivity index (χ2n) is 3.67. The first-order chi connectivity index (χ1) is 8.97. The molecule has 0 bridgehead atoms. The lowest BCUT2D eigenvalue weighted by atomic mass is 10.2. The van der Waals surface area contributed by atoms with Gasteiger partial charge in [-0.2, -0.15) is 0 Å². The highest BCUT2D eigenvalue weighted by Gasteiger charge is 2.11. The van der Waals surface area contributed by atoms with Gasteiger partial charge in [-0.15, -0.1) is 0 Å². The highest BCUT2D eigenvalue weighted by Crippen LogP contribution is 2.26. The third kappa shape index (κ3) is 3.37. The molecule has 4 nitrogen and oxygen atoms in total. The molecule has 19 heavy (non-hydrogen) atoms. The van der Waals surface area contributed by atoms with E-state index in [9.17, 15) is 4.79 Å². The summed E-state index contributed by atoms with van der Waals surface area (Å²) in [6.45, 7) is 0. The molecule has 2 rings (SSSR count). The Balaban J connectivity index is 2.23. The Kier molecular flexibility index (Phi) is 4.29. The van der Waals surface area contributed by atoms with Crippen molar-refractivity contribution >= 4 is 56.5 Å². The SMILES string of the molecule is Nc1ncc(C(=O)Nc2ccc(Br)cc2Cl)cc1Cl. The number of hydrogen-bond acceptors (Lipinski definition) is 3. The molecule has 0 atom stereocenters. The number of nitrogen functional groups attached to an aromatic ring is 1. The summed E-state index contributed by atoms with van der Waals surface area (Å²) in [6, 6.07) is 6.60. The minimum absolute atomic E-state index is 0.180. The molecule has 0 aliphatic heterocycles. The Morgan fingerprint density at radius 1 is 1.26 bits per heavy atom. The van der Waals surface area contributed by atoms with Crippen LogP contribution in [0.25, 0.3) is 0 Å². The highest BCUT2D eigenvalue weighted by molar-refractivity contribution is 9.10. The van der Waals surface area contributed by atoms with E-state index < -0.39 is 0 Å². The molecule has 1 heterocycles. The van der Waals surface area contributed by atoms with Gasteiger partial charge in [0.05, 0.1) is 21.3 Å². The number of halogens is 3. The van der Waals surface area contributed by atoms with Gasteiger partial charge < -0.3 is 11.1 Å². The Morgan fingerprint density at radius 2 is 2.00 bits per heavy atom. The first-order valence-electron chi connectivity index (χ1n) is 5.15. The van der Waals surface area contributed by atoms with Crippen LogP contribution in [-0.2, 0) is 0 Å². The maximum atomic E-state index is 12.0. The summed E-state index contributed by atoms with van der Waals surface area (Å²) in [5.74, 6) is -0.182. The third-order valence-electron chi connectivity index (χ3n) is 2.31. The number of aromatic nitrogens is 1. The van der Waals surface area contributed by atoms with Crippen LogP contribution in [-0.4, -0.2) is 10.9 Å². The Bertz CT molecular complexity index is 649. The van der Waals surface area contributed by atoms with Crippen LogP contribution in [0.4, 0.5) is 11.5 Å². The van der Waals surface area contributed by atoms with Gasteiger partial charge in [0.15, 0.2) is 0 Å². The van der Waals surface area contributed by atoms with Crippen LogP contribution in [0.15, 0.2) is 34.9 Å². The number of nitrogens with one attached hydrogen (secondary N) is 1. The monoisotopic (exact) mass is 359 g/mol. The highest BCUT2D eigenvalue weighted by atomic mass is 79.9. The predicted molar refractivity (Wildman–Crippen MR) is 80.8 cm³/mol. The van der Waals surface area contributed by atoms with Gasteiger partial charge in [-0.1, -0.05) is 39.1 Å². The fraction of sp³-hybridized carbons (Fsp3) is 0. The summed E-state index contributed by atoms with van der Waals surface area (Å²) in [7, 11) is 0. The summed E-state index contributed by atoms with van der Waals surface area (Å²) in [4.78, 5) is 15.8. The van der Waals surface area contributed by atoms with E-state index >= 15 is 0 Å². The van der Waals surface area contributed by atoms with Crippen LogP contribution in [0, 0.1) is 0 Å². The molecule has 0 spiro atoms. The van der Waals surface area contributed by atoms with Crippen molar-refractivity contribution in [3.63, 3.8) is 0 Å². The van der Waals surface area contributed by atoms with E-state index in [1.54, 1.807) is 18.2 Å². The van der Waals surface area contributed by atoms with Crippen LogP contribution in [0.1, 0.15) is 10.4 Å². The molecule has 3 N–H and O–H groups in total. The summed E-state index contributed by atoms with van der Waals surface area (Å²) in [6.07, 6.45) is 1.35. The van der Waals surface area contributed by atoms with Gasteiger partial charge >= 0.3 is 0 Å². The molecule has 1 aromatic carbocycles. The van der Waals surface area contributed by atoms with E-state index in [2.05, 4.69) is 26.2 Å². The first kappa shape index (κ1) is 14.1. The molecule has 0 aliphatic rings. The number of benzene rings is 1. The molecular formula is C12H8BrCl2N3O. The molecule has 0 saturated carbocycles. The minimum atomic E-state index is -0.362. The van der Waals surface area contributed by atoms with Crippen LogP contribution in [0.2, 0.25) is 10.0 Å². The first-order valence-corrected chi connectivity index (χ1v) is 6.69. The van der Waals surface area contributed by atoms with Crippen LogP contribution >= 0.6 is 39.1 Å². The fourth-order valence-corrected chi connectivity index (χ4v) is 2.25. The molecule has 0 radical (unpaired) electrons. The predicted octanol–water partition coefficient (Wildman–Crippen LogP) is 3.99. The second-order valence-corrected chi connectivity index (χ2v) is 5.40. The standard InChI is InChI=1S/C12H8BrCl2N3O/c13-7-1-2-10(8(14)4-7)18-12(19)6-3-9(15)11(16)17-5-6/h1-5H,(H2,16,17)(H,18,19). The molecule has 0 aliphatic carbocycles. The van der Waals surface area contributed by atoms with E-state index in [0.717, 1.165) is 4.47 Å². The Hall–Kier alpha value is -1.30. The number of nitrogens with zero attached hydrogens (tertiary/aromatic N) is 1. The van der Waals surface area contributed by atoms with Gasteiger partial charge in [0.2, 0.25) is 0 Å². The number of pyridine rings is 1. The van der Waals surface area contributed by atoms with E-state index in [1.807, 2.05) is 0 Å². The van der Waals surface area contributed by atoms with Crippen LogP contribution < -0.4 is 11.1 Å². The van der Waals surface area contributed by atoms with Crippen molar-refractivity contribution < 1.29 is 4.79 Å². The van der Waals surface area contributed by atoms with Crippen molar-refractivity contribution in [1.82, 2.24) is 4.98 Å². The van der Waals surface area contributed by atoms with Crippen molar-refractivity contribution in [2.24, 2.45) is 0 Å². The quantitative estimate of drug-likeness (QED) is 0.850. The van der Waals surface area contributed by atoms with Crippen LogP contribution in [0.3, 0.4) is 0 Å². The lowest BCUT2D eigenvalue weighted by Crippen LogP contribution is -2.13. The molecule has 0 unspecified atom stereocenters. The summed E-state index contributed by atoms with van der Waals surface area (Å²) < 4.78 is 0.827. The number of anilines is 2. The van der Waals surface area contributed by atoms with E-state index in [-0.39, 0.29) is 16.7 Å². The molecule has 1 amide bonds. The zero-order valence-corrected chi connectivity index (χ0v) is 12.6. The molecule has 0 fully saturated rings. The van der Waals surface area contributed by atoms with Crippen molar-refractivity contribution in [1.29, 1.82) is 0 Å². The number of carbonyl (C=O) groups is 1. The van der Waals surface area contributed by atoms with Gasteiger partial charge in [-0.05, 0) is 24.3 Å². The summed E-state index contributed by atoms with van der Waals surface area (Å²) in [5, 5.41) is 3.33. The normalized spacial score (nSPS) is 10.3. The zero-order valence-electron chi connectivity index (χ0n) is 9.45. The van der Waals surface area contributed by atoms with Gasteiger partial charge in [0.1, 0.15) is 5.82 Å². The average Bonchev–Trinajstić information content (AvgIpc) is 2.36. The number of carbonyl (C=O) groups excluding carboxylic acids is 1. The number of hydrogen-bond donors (Lipinski definition) is 2. The molecule has 7 heteroatoms. The van der Waals surface area contributed by atoms with Crippen molar-refractivity contribution in [2.45, 2.75) is 0 Å². The van der Waals surface area contributed by atoms with Crippen molar-refractivity contribution in [3.8, 4) is 0 Å². The summed E-state index contributed by atoms with van der Waals surface area (Å²) in [5.41, 5.74) is 6.29. The molecule has 98 valence electrons. The van der Waals surface area contributed by atoms with Gasteiger partial charge in [-0.25, -0.2) is 4.98 Å². The Morgan fingerprint density at radius 3 is 2.63 bits per heavy atom.